The van der Waals surface area contributed by atoms with Gasteiger partial charge in [0, 0.05) is 12.5 Å². The number of hydrogen-bond acceptors (Lipinski definition) is 1. The molecule has 0 N–H and O–H groups in total. The molecule has 2 aliphatic rings. The van der Waals surface area contributed by atoms with Crippen molar-refractivity contribution in [1.82, 2.24) is 0 Å². The summed E-state index contributed by atoms with van der Waals surface area (Å²) >= 11 is 0. The molecule has 0 saturated carbocycles. The molecule has 1 nitrogen and oxygen atoms in total. The summed E-state index contributed by atoms with van der Waals surface area (Å²) in [6.45, 7) is 17.3. The molecule has 3 aromatic carbocycles. The smallest absolute Gasteiger partial charge is 0.183 e. The first-order valence-corrected chi connectivity index (χ1v) is 19.6. The Labute approximate surface area is 212 Å². The van der Waals surface area contributed by atoms with Crippen molar-refractivity contribution in [3.8, 4) is 0 Å². The molecule has 3 aromatic rings. The van der Waals surface area contributed by atoms with E-state index in [1.54, 1.807) is 5.20 Å². The normalized spacial score (nSPS) is 16.3. The van der Waals surface area contributed by atoms with Gasteiger partial charge in [-0.2, -0.15) is 0 Å². The van der Waals surface area contributed by atoms with Crippen LogP contribution in [0.25, 0.3) is 16.8 Å². The van der Waals surface area contributed by atoms with Crippen LogP contribution in [0.4, 0.5) is 0 Å². The lowest BCUT2D eigenvalue weighted by Gasteiger charge is -2.27. The van der Waals surface area contributed by atoms with Crippen molar-refractivity contribution < 1.29 is 4.43 Å². The van der Waals surface area contributed by atoms with Crippen LogP contribution in [-0.4, -0.2) is 23.0 Å². The van der Waals surface area contributed by atoms with Gasteiger partial charge in [-0.15, -0.1) is 0 Å². The van der Waals surface area contributed by atoms with Gasteiger partial charge in [0.2, 0.25) is 0 Å². The minimum absolute atomic E-state index is 0.288. The first kappa shape index (κ1) is 24.2. The van der Waals surface area contributed by atoms with Gasteiger partial charge < -0.3 is 4.43 Å². The van der Waals surface area contributed by atoms with E-state index in [0.29, 0.717) is 0 Å². The second-order valence-electron chi connectivity index (χ2n) is 12.0. The number of allylic oxidation sites excluding steroid dienone is 1. The summed E-state index contributed by atoms with van der Waals surface area (Å²) in [5.41, 5.74) is 7.20. The van der Waals surface area contributed by atoms with Crippen molar-refractivity contribution in [3.05, 3.63) is 110 Å². The van der Waals surface area contributed by atoms with Crippen LogP contribution in [0.5, 0.6) is 0 Å². The van der Waals surface area contributed by atoms with E-state index in [2.05, 4.69) is 119 Å². The van der Waals surface area contributed by atoms with Gasteiger partial charge >= 0.3 is 0 Å². The first-order chi connectivity index (χ1) is 16.6. The third kappa shape index (κ3) is 4.46. The largest absolute Gasteiger partial charge is 0.418 e. The summed E-state index contributed by atoms with van der Waals surface area (Å²) in [6, 6.07) is 23.8. The molecule has 0 fully saturated rings. The maximum Gasteiger partial charge on any atom is 0.183 e. The maximum absolute atomic E-state index is 6.31. The fourth-order valence-corrected chi connectivity index (χ4v) is 9.13. The van der Waals surface area contributed by atoms with Crippen molar-refractivity contribution >= 4 is 33.2 Å². The molecular formula is C32H38OSi2. The average molecular weight is 495 g/mol. The Bertz CT molecular complexity index is 1550. The van der Waals surface area contributed by atoms with Gasteiger partial charge in [-0.05, 0) is 88.7 Å². The van der Waals surface area contributed by atoms with E-state index >= 15 is 0 Å². The van der Waals surface area contributed by atoms with Crippen LogP contribution >= 0.6 is 0 Å². The van der Waals surface area contributed by atoms with Gasteiger partial charge in [-0.1, -0.05) is 90.6 Å². The van der Waals surface area contributed by atoms with E-state index in [0.717, 1.165) is 6.61 Å². The van der Waals surface area contributed by atoms with Crippen LogP contribution in [0.15, 0.2) is 66.7 Å². The Morgan fingerprint density at radius 1 is 0.829 bits per heavy atom. The predicted octanol–water partition coefficient (Wildman–Crippen LogP) is 6.93. The molecule has 3 heteroatoms. The third-order valence-corrected chi connectivity index (χ3v) is 12.0. The Balaban J connectivity index is 1.70. The molecule has 35 heavy (non-hydrogen) atoms. The van der Waals surface area contributed by atoms with E-state index < -0.39 is 16.4 Å². The minimum Gasteiger partial charge on any atom is -0.418 e. The first-order valence-electron chi connectivity index (χ1n) is 12.9. The number of hydrogen-bond donors (Lipinski definition) is 0. The van der Waals surface area contributed by atoms with Gasteiger partial charge in [0.25, 0.3) is 0 Å². The van der Waals surface area contributed by atoms with Crippen molar-refractivity contribution in [2.24, 2.45) is 0 Å². The van der Waals surface area contributed by atoms with Crippen LogP contribution in [0.3, 0.4) is 0 Å². The van der Waals surface area contributed by atoms with Crippen LogP contribution in [0, 0.1) is 10.4 Å². The summed E-state index contributed by atoms with van der Waals surface area (Å²) in [6.07, 6.45) is 5.05. The van der Waals surface area contributed by atoms with Crippen LogP contribution in [0.2, 0.25) is 38.8 Å². The average Bonchev–Trinajstić information content (AvgIpc) is 3.36. The fraction of sp³-hybridized carbons (Fsp3) is 0.312. The minimum atomic E-state index is -1.69. The van der Waals surface area contributed by atoms with E-state index in [4.69, 9.17) is 4.43 Å². The van der Waals surface area contributed by atoms with Gasteiger partial charge in [0.05, 0.1) is 8.07 Å². The van der Waals surface area contributed by atoms with Crippen LogP contribution in [0.1, 0.15) is 42.0 Å². The second-order valence-corrected chi connectivity index (χ2v) is 21.3. The molecular weight excluding hydrogens is 457 g/mol. The number of benzene rings is 3. The molecule has 180 valence electrons. The molecule has 0 heterocycles. The fourth-order valence-electron chi connectivity index (χ4n) is 5.76. The molecule has 0 aliphatic heterocycles. The Morgan fingerprint density at radius 2 is 1.54 bits per heavy atom. The Morgan fingerprint density at radius 3 is 2.29 bits per heavy atom. The summed E-state index contributed by atoms with van der Waals surface area (Å²) < 4.78 is 6.31. The molecule has 0 radical (unpaired) electrons. The Kier molecular flexibility index (Phi) is 6.15. The number of fused-ring (bicyclic) bond motifs is 3. The molecule has 0 bridgehead atoms. The molecule has 0 spiro atoms. The highest BCUT2D eigenvalue weighted by atomic mass is 28.4. The zero-order valence-electron chi connectivity index (χ0n) is 22.3. The van der Waals surface area contributed by atoms with Gasteiger partial charge in [-0.25, -0.2) is 0 Å². The molecule has 0 saturated heterocycles. The van der Waals surface area contributed by atoms with E-state index in [-0.39, 0.29) is 5.92 Å². The molecule has 2 aliphatic carbocycles. The van der Waals surface area contributed by atoms with Gasteiger partial charge in [0.1, 0.15) is 0 Å². The lowest BCUT2D eigenvalue weighted by atomic mass is 9.86. The summed E-state index contributed by atoms with van der Waals surface area (Å²) in [7, 11) is -3.19. The zero-order chi connectivity index (χ0) is 25.0. The summed E-state index contributed by atoms with van der Waals surface area (Å²) in [5, 5.41) is 7.07. The van der Waals surface area contributed by atoms with Crippen LogP contribution in [-0.2, 0) is 4.43 Å². The van der Waals surface area contributed by atoms with Crippen molar-refractivity contribution in [1.29, 1.82) is 0 Å². The molecule has 0 aromatic heterocycles. The monoisotopic (exact) mass is 494 g/mol. The van der Waals surface area contributed by atoms with Crippen LogP contribution < -0.4 is 10.4 Å². The molecule has 0 amide bonds. The Hall–Kier alpha value is -2.47. The van der Waals surface area contributed by atoms with Crippen molar-refractivity contribution in [3.63, 3.8) is 0 Å². The standard InChI is InChI=1S/C32H38OSi2/c1-22(2)24-16-17-27-25-13-9-8-12-23(25)20-29(27)32(24)30-21-31(28-15-11-10-14-26(28)30)35(6,7)19-18-33-34(3,4)5/h8-17,20-21,30H,18-19H2,1-7H3. The second kappa shape index (κ2) is 8.88. The predicted molar refractivity (Wildman–Crippen MR) is 156 cm³/mol. The highest BCUT2D eigenvalue weighted by molar-refractivity contribution is 6.95. The van der Waals surface area contributed by atoms with E-state index in [1.807, 2.05) is 0 Å². The highest BCUT2D eigenvalue weighted by Crippen LogP contribution is 2.45. The summed E-state index contributed by atoms with van der Waals surface area (Å²) in [4.78, 5) is 0. The highest BCUT2D eigenvalue weighted by Gasteiger charge is 2.36. The van der Waals surface area contributed by atoms with Gasteiger partial charge in [-0.3, -0.25) is 0 Å². The van der Waals surface area contributed by atoms with Gasteiger partial charge in [0.15, 0.2) is 8.32 Å². The molecule has 1 atom stereocenters. The number of rotatable bonds is 6. The lowest BCUT2D eigenvalue weighted by Crippen LogP contribution is -2.33. The van der Waals surface area contributed by atoms with E-state index in [1.165, 1.54) is 54.7 Å². The topological polar surface area (TPSA) is 9.23 Å². The summed E-state index contributed by atoms with van der Waals surface area (Å²) in [5.74, 6) is 0.288. The van der Waals surface area contributed by atoms with Crippen molar-refractivity contribution in [2.45, 2.75) is 58.5 Å². The SMILES string of the molecule is CC(C)=c1ccc2c(c1C1C=C([Si](C)(C)CCO[Si](C)(C)C)c3ccccc31)C=c1ccccc1=2. The zero-order valence-corrected chi connectivity index (χ0v) is 24.3. The lowest BCUT2D eigenvalue weighted by molar-refractivity contribution is 0.332. The van der Waals surface area contributed by atoms with Crippen molar-refractivity contribution in [2.75, 3.05) is 6.61 Å². The molecule has 5 rings (SSSR count). The van der Waals surface area contributed by atoms with E-state index in [9.17, 15) is 0 Å². The maximum atomic E-state index is 6.31. The molecule has 1 unspecified atom stereocenters. The third-order valence-electron chi connectivity index (χ3n) is 7.60. The quantitative estimate of drug-likeness (QED) is 0.264.